The molecule has 1 unspecified atom stereocenters. The molecule has 7 heteroatoms. The Morgan fingerprint density at radius 1 is 1.36 bits per heavy atom. The van der Waals surface area contributed by atoms with Gasteiger partial charge in [-0.25, -0.2) is 0 Å². The molecule has 1 aromatic carbocycles. The topological polar surface area (TPSA) is 64.8 Å². The number of nitrogens with zero attached hydrogens (tertiary/aromatic N) is 1. The molecule has 0 spiro atoms. The van der Waals surface area contributed by atoms with E-state index in [0.717, 1.165) is 25.8 Å². The third kappa shape index (κ3) is 5.66. The van der Waals surface area contributed by atoms with E-state index in [1.807, 2.05) is 11.8 Å². The Labute approximate surface area is 161 Å². The van der Waals surface area contributed by atoms with Crippen LogP contribution < -0.4 is 15.2 Å². The quantitative estimate of drug-likeness (QED) is 0.686. The van der Waals surface area contributed by atoms with Crippen LogP contribution >= 0.6 is 24.0 Å². The third-order valence-electron chi connectivity index (χ3n) is 4.21. The second-order valence-electron chi connectivity index (χ2n) is 6.06. The number of hydrogen-bond acceptors (Lipinski definition) is 4. The van der Waals surface area contributed by atoms with E-state index < -0.39 is 0 Å². The lowest BCUT2D eigenvalue weighted by molar-refractivity contribution is 0.0787. The summed E-state index contributed by atoms with van der Waals surface area (Å²) in [6.45, 7) is 7.10. The number of carbonyl (C=O) groups excluding carboxylic acids is 1. The Balaban J connectivity index is 0.00000312. The molecule has 25 heavy (non-hydrogen) atoms. The molecule has 0 radical (unpaired) electrons. The fraction of sp³-hybridized carbons (Fsp3) is 0.611. The summed E-state index contributed by atoms with van der Waals surface area (Å²) < 4.78 is 11.4. The summed E-state index contributed by atoms with van der Waals surface area (Å²) >= 11 is 6.36. The largest absolute Gasteiger partial charge is 0.490 e. The smallest absolute Gasteiger partial charge is 0.254 e. The Morgan fingerprint density at radius 3 is 2.72 bits per heavy atom. The van der Waals surface area contributed by atoms with Crippen LogP contribution in [0.25, 0.3) is 0 Å². The van der Waals surface area contributed by atoms with Gasteiger partial charge in [-0.3, -0.25) is 4.79 Å². The molecular weight excluding hydrogens is 363 g/mol. The van der Waals surface area contributed by atoms with E-state index in [1.165, 1.54) is 0 Å². The first kappa shape index (κ1) is 21.9. The number of likely N-dealkylation sites (tertiary alicyclic amines) is 1. The third-order valence-corrected chi connectivity index (χ3v) is 4.49. The van der Waals surface area contributed by atoms with Crippen molar-refractivity contribution in [2.24, 2.45) is 11.7 Å². The van der Waals surface area contributed by atoms with E-state index >= 15 is 0 Å². The molecule has 0 aliphatic carbocycles. The summed E-state index contributed by atoms with van der Waals surface area (Å²) in [6, 6.07) is 3.40. The van der Waals surface area contributed by atoms with Crippen molar-refractivity contribution in [3.63, 3.8) is 0 Å². The average Bonchev–Trinajstić information content (AvgIpc) is 3.05. The number of halogens is 2. The normalized spacial score (nSPS) is 16.5. The van der Waals surface area contributed by atoms with Crippen LogP contribution in [0.1, 0.15) is 43.5 Å². The fourth-order valence-corrected chi connectivity index (χ4v) is 3.07. The van der Waals surface area contributed by atoms with Gasteiger partial charge in [-0.2, -0.15) is 0 Å². The zero-order valence-corrected chi connectivity index (χ0v) is 16.5. The molecule has 0 bridgehead atoms. The molecule has 1 aromatic rings. The molecule has 2 N–H and O–H groups in total. The number of rotatable bonds is 8. The highest BCUT2D eigenvalue weighted by Gasteiger charge is 2.27. The molecule has 142 valence electrons. The van der Waals surface area contributed by atoms with Gasteiger partial charge in [0, 0.05) is 18.7 Å². The first-order chi connectivity index (χ1) is 11.6. The van der Waals surface area contributed by atoms with Gasteiger partial charge in [0.2, 0.25) is 0 Å². The lowest BCUT2D eigenvalue weighted by atomic mass is 10.1. The minimum absolute atomic E-state index is 0. The summed E-state index contributed by atoms with van der Waals surface area (Å²) in [4.78, 5) is 14.5. The van der Waals surface area contributed by atoms with Crippen LogP contribution in [-0.4, -0.2) is 43.7 Å². The number of unbranched alkanes of at least 4 members (excludes halogenated alkanes) is 1. The molecule has 1 fully saturated rings. The second-order valence-corrected chi connectivity index (χ2v) is 6.47. The zero-order valence-electron chi connectivity index (χ0n) is 14.9. The van der Waals surface area contributed by atoms with Crippen molar-refractivity contribution in [3.8, 4) is 11.5 Å². The summed E-state index contributed by atoms with van der Waals surface area (Å²) in [6.07, 6.45) is 2.93. The fourth-order valence-electron chi connectivity index (χ4n) is 2.81. The number of amides is 1. The first-order valence-electron chi connectivity index (χ1n) is 8.69. The van der Waals surface area contributed by atoms with Crippen molar-refractivity contribution >= 4 is 29.9 Å². The van der Waals surface area contributed by atoms with Gasteiger partial charge in [0.1, 0.15) is 0 Å². The Bertz CT molecular complexity index is 569. The lowest BCUT2D eigenvalue weighted by Gasteiger charge is -2.19. The molecule has 1 saturated heterocycles. The monoisotopic (exact) mass is 390 g/mol. The molecule has 1 aliphatic rings. The van der Waals surface area contributed by atoms with Crippen molar-refractivity contribution in [2.45, 2.75) is 33.1 Å². The molecule has 0 saturated carbocycles. The van der Waals surface area contributed by atoms with Crippen LogP contribution in [0, 0.1) is 5.92 Å². The van der Waals surface area contributed by atoms with Crippen LogP contribution in [0.4, 0.5) is 0 Å². The molecule has 5 nitrogen and oxygen atoms in total. The van der Waals surface area contributed by atoms with E-state index in [-0.39, 0.29) is 18.3 Å². The van der Waals surface area contributed by atoms with Crippen molar-refractivity contribution in [3.05, 3.63) is 22.7 Å². The highest BCUT2D eigenvalue weighted by molar-refractivity contribution is 6.32. The predicted molar refractivity (Wildman–Crippen MR) is 103 cm³/mol. The summed E-state index contributed by atoms with van der Waals surface area (Å²) in [7, 11) is 0. The van der Waals surface area contributed by atoms with Crippen molar-refractivity contribution < 1.29 is 14.3 Å². The van der Waals surface area contributed by atoms with E-state index in [9.17, 15) is 4.79 Å². The maximum atomic E-state index is 12.7. The summed E-state index contributed by atoms with van der Waals surface area (Å²) in [5.74, 6) is 1.39. The predicted octanol–water partition coefficient (Wildman–Crippen LogP) is 3.76. The van der Waals surface area contributed by atoms with E-state index in [4.69, 9.17) is 26.8 Å². The molecule has 1 aliphatic heterocycles. The van der Waals surface area contributed by atoms with E-state index in [1.54, 1.807) is 12.1 Å². The number of nitrogens with two attached hydrogens (primary N) is 1. The van der Waals surface area contributed by atoms with Gasteiger partial charge in [0.25, 0.3) is 5.91 Å². The number of carbonyl (C=O) groups is 1. The molecular formula is C18H28Cl2N2O3. The standard InChI is InChI=1S/C18H27ClN2O3.ClH/c1-3-5-8-24-17-15(19)9-14(10-16(17)23-4-2)18(22)21-7-6-13(11-20)12-21;/h9-10,13H,3-8,11-12,20H2,1-2H3;1H. The van der Waals surface area contributed by atoms with Crippen LogP contribution in [0.3, 0.4) is 0 Å². The Hall–Kier alpha value is -1.17. The van der Waals surface area contributed by atoms with Crippen LogP contribution in [0.2, 0.25) is 5.02 Å². The minimum Gasteiger partial charge on any atom is -0.490 e. The van der Waals surface area contributed by atoms with Crippen molar-refractivity contribution in [1.82, 2.24) is 4.90 Å². The van der Waals surface area contributed by atoms with Crippen LogP contribution in [-0.2, 0) is 0 Å². The zero-order chi connectivity index (χ0) is 17.5. The lowest BCUT2D eigenvalue weighted by Crippen LogP contribution is -2.29. The molecule has 0 aromatic heterocycles. The molecule has 1 atom stereocenters. The summed E-state index contributed by atoms with van der Waals surface area (Å²) in [5, 5.41) is 0.412. The Kier molecular flexibility index (Phi) is 9.39. The maximum absolute atomic E-state index is 12.7. The minimum atomic E-state index is -0.0334. The van der Waals surface area contributed by atoms with Crippen molar-refractivity contribution in [2.75, 3.05) is 32.8 Å². The molecule has 1 amide bonds. The number of hydrogen-bond donors (Lipinski definition) is 1. The van der Waals surface area contributed by atoms with Gasteiger partial charge in [-0.05, 0) is 44.4 Å². The van der Waals surface area contributed by atoms with Crippen LogP contribution in [0.5, 0.6) is 11.5 Å². The summed E-state index contributed by atoms with van der Waals surface area (Å²) in [5.41, 5.74) is 6.24. The van der Waals surface area contributed by atoms with E-state index in [2.05, 4.69) is 6.92 Å². The van der Waals surface area contributed by atoms with E-state index in [0.29, 0.717) is 54.3 Å². The molecule has 1 heterocycles. The van der Waals surface area contributed by atoms with Gasteiger partial charge in [-0.15, -0.1) is 12.4 Å². The van der Waals surface area contributed by atoms with Gasteiger partial charge < -0.3 is 20.1 Å². The average molecular weight is 391 g/mol. The first-order valence-corrected chi connectivity index (χ1v) is 9.06. The maximum Gasteiger partial charge on any atom is 0.254 e. The van der Waals surface area contributed by atoms with Gasteiger partial charge in [-0.1, -0.05) is 24.9 Å². The Morgan fingerprint density at radius 2 is 2.12 bits per heavy atom. The highest BCUT2D eigenvalue weighted by Crippen LogP contribution is 2.37. The second kappa shape index (κ2) is 10.7. The highest BCUT2D eigenvalue weighted by atomic mass is 35.5. The van der Waals surface area contributed by atoms with Crippen LogP contribution in [0.15, 0.2) is 12.1 Å². The van der Waals surface area contributed by atoms with Gasteiger partial charge in [0.05, 0.1) is 18.2 Å². The van der Waals surface area contributed by atoms with Gasteiger partial charge >= 0.3 is 0 Å². The van der Waals surface area contributed by atoms with Gasteiger partial charge in [0.15, 0.2) is 11.5 Å². The SMILES string of the molecule is CCCCOc1c(Cl)cc(C(=O)N2CCC(CN)C2)cc1OCC.Cl. The van der Waals surface area contributed by atoms with Crippen molar-refractivity contribution in [1.29, 1.82) is 0 Å². The molecule has 2 rings (SSSR count). The number of ether oxygens (including phenoxy) is 2. The number of benzene rings is 1.